The zero-order chi connectivity index (χ0) is 20.6. The smallest absolute Gasteiger partial charge is 0.251 e. The lowest BCUT2D eigenvalue weighted by atomic mass is 9.84. The van der Waals surface area contributed by atoms with Crippen molar-refractivity contribution in [3.8, 4) is 0 Å². The standard InChI is InChI=1S/C23H32N2O4/c1-2-17-14-29-15-20(26)21(17)25-23(28)19(13-16-9-5-3-6-10-16)24-22(27)18-11-7-4-8-12-18/h4,7-8,11-12,16-17,19,21H,2-3,5-6,9-10,13-15H2,1H3,(H,24,27)(H,25,28). The summed E-state index contributed by atoms with van der Waals surface area (Å²) in [7, 11) is 0. The number of ether oxygens (including phenoxy) is 1. The van der Waals surface area contributed by atoms with Crippen LogP contribution in [0.3, 0.4) is 0 Å². The predicted molar refractivity (Wildman–Crippen MR) is 110 cm³/mol. The van der Waals surface area contributed by atoms with Gasteiger partial charge < -0.3 is 15.4 Å². The van der Waals surface area contributed by atoms with E-state index in [0.29, 0.717) is 24.5 Å². The lowest BCUT2D eigenvalue weighted by molar-refractivity contribution is -0.138. The number of rotatable bonds is 7. The molecule has 3 rings (SSSR count). The molecule has 6 heteroatoms. The van der Waals surface area contributed by atoms with Gasteiger partial charge in [-0.05, 0) is 30.9 Å². The number of nitrogens with one attached hydrogen (secondary N) is 2. The van der Waals surface area contributed by atoms with Crippen molar-refractivity contribution in [2.75, 3.05) is 13.2 Å². The number of carbonyl (C=O) groups is 3. The Balaban J connectivity index is 1.71. The van der Waals surface area contributed by atoms with Crippen LogP contribution in [0.25, 0.3) is 0 Å². The third kappa shape index (κ3) is 5.89. The van der Waals surface area contributed by atoms with Crippen molar-refractivity contribution in [1.82, 2.24) is 10.6 Å². The van der Waals surface area contributed by atoms with E-state index in [-0.39, 0.29) is 30.1 Å². The van der Waals surface area contributed by atoms with Crippen molar-refractivity contribution in [2.24, 2.45) is 11.8 Å². The number of carbonyl (C=O) groups excluding carboxylic acids is 3. The van der Waals surface area contributed by atoms with E-state index in [1.54, 1.807) is 24.3 Å². The van der Waals surface area contributed by atoms with E-state index in [9.17, 15) is 14.4 Å². The minimum Gasteiger partial charge on any atom is -0.373 e. The van der Waals surface area contributed by atoms with Gasteiger partial charge in [-0.3, -0.25) is 14.4 Å². The van der Waals surface area contributed by atoms with E-state index >= 15 is 0 Å². The Labute approximate surface area is 172 Å². The number of hydrogen-bond acceptors (Lipinski definition) is 4. The second kappa shape index (κ2) is 10.5. The first-order valence-corrected chi connectivity index (χ1v) is 10.8. The molecule has 1 saturated heterocycles. The molecule has 1 aliphatic heterocycles. The van der Waals surface area contributed by atoms with E-state index in [0.717, 1.165) is 19.3 Å². The van der Waals surface area contributed by atoms with Crippen molar-refractivity contribution < 1.29 is 19.1 Å². The van der Waals surface area contributed by atoms with Crippen molar-refractivity contribution >= 4 is 17.6 Å². The molecule has 2 fully saturated rings. The van der Waals surface area contributed by atoms with Crippen LogP contribution in [0.5, 0.6) is 0 Å². The van der Waals surface area contributed by atoms with Crippen LogP contribution < -0.4 is 10.6 Å². The van der Waals surface area contributed by atoms with Crippen LogP contribution in [0.2, 0.25) is 0 Å². The number of amides is 2. The summed E-state index contributed by atoms with van der Waals surface area (Å²) in [6, 6.07) is 7.75. The van der Waals surface area contributed by atoms with Gasteiger partial charge >= 0.3 is 0 Å². The van der Waals surface area contributed by atoms with Crippen LogP contribution >= 0.6 is 0 Å². The van der Waals surface area contributed by atoms with Crippen LogP contribution in [0.1, 0.15) is 62.2 Å². The molecule has 1 aliphatic carbocycles. The molecule has 1 aromatic carbocycles. The molecule has 158 valence electrons. The molecule has 1 heterocycles. The Hall–Kier alpha value is -2.21. The maximum atomic E-state index is 13.1. The summed E-state index contributed by atoms with van der Waals surface area (Å²) in [4.78, 5) is 38.2. The van der Waals surface area contributed by atoms with E-state index in [1.807, 2.05) is 13.0 Å². The highest BCUT2D eigenvalue weighted by atomic mass is 16.5. The fourth-order valence-electron chi connectivity index (χ4n) is 4.38. The van der Waals surface area contributed by atoms with Gasteiger partial charge in [0.05, 0.1) is 12.6 Å². The molecule has 0 aromatic heterocycles. The highest BCUT2D eigenvalue weighted by molar-refractivity contribution is 5.98. The van der Waals surface area contributed by atoms with E-state index < -0.39 is 12.1 Å². The molecular formula is C23H32N2O4. The van der Waals surface area contributed by atoms with Gasteiger partial charge in [-0.15, -0.1) is 0 Å². The molecule has 0 spiro atoms. The minimum atomic E-state index is -0.640. The average Bonchev–Trinajstić information content (AvgIpc) is 2.76. The zero-order valence-corrected chi connectivity index (χ0v) is 17.2. The predicted octanol–water partition coefficient (Wildman–Crippen LogP) is 2.87. The molecule has 6 nitrogen and oxygen atoms in total. The summed E-state index contributed by atoms with van der Waals surface area (Å²) in [5, 5.41) is 5.86. The van der Waals surface area contributed by atoms with Crippen molar-refractivity contribution in [3.63, 3.8) is 0 Å². The van der Waals surface area contributed by atoms with Crippen molar-refractivity contribution in [3.05, 3.63) is 35.9 Å². The maximum Gasteiger partial charge on any atom is 0.251 e. The van der Waals surface area contributed by atoms with Gasteiger partial charge in [-0.25, -0.2) is 0 Å². The molecule has 1 saturated carbocycles. The molecule has 2 aliphatic rings. The number of benzene rings is 1. The molecule has 2 N–H and O–H groups in total. The van der Waals surface area contributed by atoms with Crippen molar-refractivity contribution in [2.45, 2.75) is 64.0 Å². The summed E-state index contributed by atoms with van der Waals surface area (Å²) in [5.41, 5.74) is 0.530. The van der Waals surface area contributed by atoms with Crippen molar-refractivity contribution in [1.29, 1.82) is 0 Å². The van der Waals surface area contributed by atoms with Crippen LogP contribution in [0.15, 0.2) is 30.3 Å². The van der Waals surface area contributed by atoms with Crippen LogP contribution in [0.4, 0.5) is 0 Å². The van der Waals surface area contributed by atoms with Crippen LogP contribution in [0, 0.1) is 11.8 Å². The molecule has 3 unspecified atom stereocenters. The molecule has 0 bridgehead atoms. The van der Waals surface area contributed by atoms with E-state index in [1.165, 1.54) is 19.3 Å². The molecular weight excluding hydrogens is 368 g/mol. The van der Waals surface area contributed by atoms with Gasteiger partial charge in [0.1, 0.15) is 12.6 Å². The summed E-state index contributed by atoms with van der Waals surface area (Å²) >= 11 is 0. The summed E-state index contributed by atoms with van der Waals surface area (Å²) in [5.74, 6) is -0.226. The molecule has 3 atom stereocenters. The number of Topliss-reactive ketones (excluding diaryl/α,β-unsaturated/α-hetero) is 1. The first kappa shape index (κ1) is 21.5. The van der Waals surface area contributed by atoms with Gasteiger partial charge in [0.15, 0.2) is 5.78 Å². The molecule has 1 aromatic rings. The van der Waals surface area contributed by atoms with Gasteiger partial charge in [0.2, 0.25) is 5.91 Å². The minimum absolute atomic E-state index is 0.0274. The van der Waals surface area contributed by atoms with E-state index in [4.69, 9.17) is 4.74 Å². The zero-order valence-electron chi connectivity index (χ0n) is 17.2. The highest BCUT2D eigenvalue weighted by Gasteiger charge is 2.35. The van der Waals surface area contributed by atoms with E-state index in [2.05, 4.69) is 10.6 Å². The Morgan fingerprint density at radius 3 is 2.55 bits per heavy atom. The monoisotopic (exact) mass is 400 g/mol. The second-order valence-corrected chi connectivity index (χ2v) is 8.27. The van der Waals surface area contributed by atoms with Crippen LogP contribution in [-0.2, 0) is 14.3 Å². The summed E-state index contributed by atoms with van der Waals surface area (Å²) in [6.07, 6.45) is 7.10. The Morgan fingerprint density at radius 1 is 1.14 bits per heavy atom. The van der Waals surface area contributed by atoms with Gasteiger partial charge in [-0.1, -0.05) is 57.2 Å². The lowest BCUT2D eigenvalue weighted by Crippen LogP contribution is -2.57. The summed E-state index contributed by atoms with van der Waals surface area (Å²) < 4.78 is 5.33. The molecule has 29 heavy (non-hydrogen) atoms. The molecule has 2 amide bonds. The molecule has 0 radical (unpaired) electrons. The SMILES string of the molecule is CCC1COCC(=O)C1NC(=O)C(CC1CCCCC1)NC(=O)c1ccccc1. The topological polar surface area (TPSA) is 84.5 Å². The maximum absolute atomic E-state index is 13.1. The third-order valence-electron chi connectivity index (χ3n) is 6.17. The average molecular weight is 401 g/mol. The lowest BCUT2D eigenvalue weighted by Gasteiger charge is -2.32. The summed E-state index contributed by atoms with van der Waals surface area (Å²) in [6.45, 7) is 2.49. The van der Waals surface area contributed by atoms with Crippen LogP contribution in [-0.4, -0.2) is 42.9 Å². The fraction of sp³-hybridized carbons (Fsp3) is 0.609. The largest absolute Gasteiger partial charge is 0.373 e. The second-order valence-electron chi connectivity index (χ2n) is 8.27. The number of hydrogen-bond donors (Lipinski definition) is 2. The Bertz CT molecular complexity index is 700. The Morgan fingerprint density at radius 2 is 1.86 bits per heavy atom. The fourth-order valence-corrected chi connectivity index (χ4v) is 4.38. The third-order valence-corrected chi connectivity index (χ3v) is 6.17. The quantitative estimate of drug-likeness (QED) is 0.737. The first-order valence-electron chi connectivity index (χ1n) is 10.8. The number of ketones is 1. The first-order chi connectivity index (χ1) is 14.1. The van der Waals surface area contributed by atoms with Gasteiger partial charge in [0.25, 0.3) is 5.91 Å². The highest BCUT2D eigenvalue weighted by Crippen LogP contribution is 2.27. The van der Waals surface area contributed by atoms with Gasteiger partial charge in [0, 0.05) is 11.5 Å². The Kier molecular flexibility index (Phi) is 7.81. The normalized spacial score (nSPS) is 24.0. The van der Waals surface area contributed by atoms with Gasteiger partial charge in [-0.2, -0.15) is 0 Å².